The third kappa shape index (κ3) is 2240. The molecule has 166 valence electrons. The second-order valence-electron chi connectivity index (χ2n) is 6.39. The molecule has 0 aromatic rings. The van der Waals surface area contributed by atoms with Crippen molar-refractivity contribution in [1.82, 2.24) is 0 Å². The smallest absolute Gasteiger partial charge is 0.302 e. The van der Waals surface area contributed by atoms with Gasteiger partial charge in [-0.25, -0.2) is 0 Å². The summed E-state index contributed by atoms with van der Waals surface area (Å²) in [6, 6.07) is 0. The highest BCUT2D eigenvalue weighted by Gasteiger charge is 1.81. The van der Waals surface area contributed by atoms with E-state index >= 15 is 0 Å². The molecular formula is C19H48O7. The number of rotatable bonds is 1. The van der Waals surface area contributed by atoms with E-state index in [1.807, 2.05) is 0 Å². The molecule has 0 aliphatic heterocycles. The van der Waals surface area contributed by atoms with Gasteiger partial charge in [0.25, 0.3) is 0 Å². The average molecular weight is 389 g/mol. The van der Waals surface area contributed by atoms with E-state index in [9.17, 15) is 4.79 Å². The van der Waals surface area contributed by atoms with E-state index in [4.69, 9.17) is 25.5 Å². The number of aliphatic hydroxyl groups excluding tert-OH is 5. The Labute approximate surface area is 162 Å². The number of esters is 1. The first-order chi connectivity index (χ1) is 11.4. The van der Waals surface area contributed by atoms with Gasteiger partial charge in [-0.15, -0.1) is 0 Å². The van der Waals surface area contributed by atoms with Crippen molar-refractivity contribution in [2.45, 2.75) is 114 Å². The molecule has 0 heterocycles. The molecule has 0 saturated carbocycles. The molecule has 0 aliphatic carbocycles. The molecule has 0 aromatic heterocycles. The largest absolute Gasteiger partial charge is 0.466 e. The molecule has 0 unspecified atom stereocenters. The average Bonchev–Trinajstić information content (AvgIpc) is 2.23. The second-order valence-corrected chi connectivity index (χ2v) is 6.39. The topological polar surface area (TPSA) is 127 Å². The summed E-state index contributed by atoms with van der Waals surface area (Å²) in [7, 11) is 0. The van der Waals surface area contributed by atoms with Gasteiger partial charge in [0.1, 0.15) is 0 Å². The summed E-state index contributed by atoms with van der Waals surface area (Å²) in [4.78, 5) is 9.82. The second kappa shape index (κ2) is 35.4. The number of hydrogen-bond donors (Lipinski definition) is 5. The van der Waals surface area contributed by atoms with Gasteiger partial charge in [-0.2, -0.15) is 0 Å². The Bertz CT molecular complexity index is 167. The van der Waals surface area contributed by atoms with Gasteiger partial charge in [0.05, 0.1) is 6.61 Å². The van der Waals surface area contributed by atoms with Crippen molar-refractivity contribution in [2.24, 2.45) is 0 Å². The Hall–Kier alpha value is -0.730. The third-order valence-corrected chi connectivity index (χ3v) is 0.348. The summed E-state index contributed by atoms with van der Waals surface area (Å²) in [6.45, 7) is 20.9. The molecule has 0 atom stereocenters. The molecule has 0 spiro atoms. The first-order valence-corrected chi connectivity index (χ1v) is 8.97. The van der Waals surface area contributed by atoms with Crippen LogP contribution in [0.5, 0.6) is 0 Å². The van der Waals surface area contributed by atoms with Gasteiger partial charge in [0, 0.05) is 37.4 Å². The first-order valence-electron chi connectivity index (χ1n) is 8.97. The lowest BCUT2D eigenvalue weighted by Crippen LogP contribution is -1.95. The molecular weight excluding hydrogens is 340 g/mol. The summed E-state index contributed by atoms with van der Waals surface area (Å²) in [5, 5.41) is 40.3. The minimum atomic E-state index is -0.211. The monoisotopic (exact) mass is 388 g/mol. The Kier molecular flexibility index (Phi) is 54.6. The van der Waals surface area contributed by atoms with E-state index in [1.165, 1.54) is 6.92 Å². The number of ether oxygens (including phenoxy) is 1. The van der Waals surface area contributed by atoms with Crippen LogP contribution in [0.25, 0.3) is 0 Å². The summed E-state index contributed by atoms with van der Waals surface area (Å²) in [5.41, 5.74) is 0. The number of aliphatic hydroxyl groups is 5. The van der Waals surface area contributed by atoms with Crippen molar-refractivity contribution in [3.63, 3.8) is 0 Å². The van der Waals surface area contributed by atoms with Gasteiger partial charge in [-0.1, -0.05) is 0 Å². The van der Waals surface area contributed by atoms with E-state index < -0.39 is 0 Å². The summed E-state index contributed by atoms with van der Waals surface area (Å²) in [5.74, 6) is -0.211. The van der Waals surface area contributed by atoms with Crippen LogP contribution in [0.4, 0.5) is 0 Å². The van der Waals surface area contributed by atoms with E-state index in [0.29, 0.717) is 6.61 Å². The normalized spacial score (nSPS) is 8.69. The fourth-order valence-electron chi connectivity index (χ4n) is 0.203. The lowest BCUT2D eigenvalue weighted by atomic mass is 10.5. The predicted molar refractivity (Wildman–Crippen MR) is 109 cm³/mol. The lowest BCUT2D eigenvalue weighted by molar-refractivity contribution is -0.140. The Balaban J connectivity index is -0.0000000466. The quantitative estimate of drug-likeness (QED) is 0.437. The molecule has 26 heavy (non-hydrogen) atoms. The van der Waals surface area contributed by atoms with Crippen molar-refractivity contribution < 1.29 is 35.1 Å². The van der Waals surface area contributed by atoms with Gasteiger partial charge in [0.15, 0.2) is 0 Å². The highest BCUT2D eigenvalue weighted by molar-refractivity contribution is 5.65. The Morgan fingerprint density at radius 2 is 0.731 bits per heavy atom. The molecule has 7 heteroatoms. The van der Waals surface area contributed by atoms with Crippen molar-refractivity contribution in [1.29, 1.82) is 0 Å². The van der Waals surface area contributed by atoms with Gasteiger partial charge in [-0.05, 0) is 76.2 Å². The summed E-state index contributed by atoms with van der Waals surface area (Å²) in [6.07, 6.45) is -0.833. The highest BCUT2D eigenvalue weighted by atomic mass is 16.5. The SMILES string of the molecule is CC(C)O.CC(C)O.CC(C)O.CC(C)O.CC(C)O.CCOC(C)=O. The van der Waals surface area contributed by atoms with E-state index in [-0.39, 0.29) is 36.5 Å². The van der Waals surface area contributed by atoms with Crippen LogP contribution in [0.1, 0.15) is 83.1 Å². The maximum Gasteiger partial charge on any atom is 0.302 e. The molecule has 0 amide bonds. The molecule has 0 fully saturated rings. The maximum atomic E-state index is 9.82. The molecule has 0 aromatic carbocycles. The number of hydrogen-bond acceptors (Lipinski definition) is 7. The summed E-state index contributed by atoms with van der Waals surface area (Å²) < 4.78 is 4.40. The van der Waals surface area contributed by atoms with Crippen molar-refractivity contribution >= 4 is 5.97 Å². The number of carbonyl (C=O) groups is 1. The molecule has 0 saturated heterocycles. The van der Waals surface area contributed by atoms with Gasteiger partial charge in [0.2, 0.25) is 0 Å². The van der Waals surface area contributed by atoms with Crippen LogP contribution in [-0.4, -0.2) is 68.6 Å². The van der Waals surface area contributed by atoms with E-state index in [0.717, 1.165) is 0 Å². The van der Waals surface area contributed by atoms with Crippen LogP contribution in [0.3, 0.4) is 0 Å². The molecule has 0 bridgehead atoms. The maximum absolute atomic E-state index is 9.82. The van der Waals surface area contributed by atoms with Gasteiger partial charge in [-0.3, -0.25) is 4.79 Å². The van der Waals surface area contributed by atoms with Crippen molar-refractivity contribution in [2.75, 3.05) is 6.61 Å². The van der Waals surface area contributed by atoms with Crippen molar-refractivity contribution in [3.8, 4) is 0 Å². The fraction of sp³-hybridized carbons (Fsp3) is 0.947. The third-order valence-electron chi connectivity index (χ3n) is 0.348. The van der Waals surface area contributed by atoms with Crippen LogP contribution < -0.4 is 0 Å². The molecule has 7 nitrogen and oxygen atoms in total. The van der Waals surface area contributed by atoms with Crippen LogP contribution in [0, 0.1) is 0 Å². The van der Waals surface area contributed by atoms with Crippen LogP contribution in [-0.2, 0) is 9.53 Å². The molecule has 0 radical (unpaired) electrons. The van der Waals surface area contributed by atoms with Crippen LogP contribution >= 0.6 is 0 Å². The molecule has 5 N–H and O–H groups in total. The molecule has 0 aliphatic rings. The zero-order valence-electron chi connectivity index (χ0n) is 19.1. The Morgan fingerprint density at radius 3 is 0.731 bits per heavy atom. The van der Waals surface area contributed by atoms with Gasteiger partial charge >= 0.3 is 5.97 Å². The zero-order chi connectivity index (χ0) is 22.9. The van der Waals surface area contributed by atoms with Crippen LogP contribution in [0.15, 0.2) is 0 Å². The fourth-order valence-corrected chi connectivity index (χ4v) is 0.203. The van der Waals surface area contributed by atoms with Crippen molar-refractivity contribution in [3.05, 3.63) is 0 Å². The van der Waals surface area contributed by atoms with Gasteiger partial charge < -0.3 is 30.3 Å². The summed E-state index contributed by atoms with van der Waals surface area (Å²) >= 11 is 0. The minimum absolute atomic E-state index is 0.167. The standard InChI is InChI=1S/C4H8O2.5C3H8O/c1-3-6-4(2)5;5*1-3(2)4/h3H2,1-2H3;5*3-4H,1-2H3. The Morgan fingerprint density at radius 1 is 0.615 bits per heavy atom. The van der Waals surface area contributed by atoms with E-state index in [1.54, 1.807) is 76.2 Å². The number of carbonyl (C=O) groups excluding carboxylic acids is 1. The lowest BCUT2D eigenvalue weighted by Gasteiger charge is -1.89. The highest BCUT2D eigenvalue weighted by Crippen LogP contribution is 1.69. The minimum Gasteiger partial charge on any atom is -0.466 e. The van der Waals surface area contributed by atoms with E-state index in [2.05, 4.69) is 4.74 Å². The molecule has 0 rings (SSSR count). The van der Waals surface area contributed by atoms with Crippen LogP contribution in [0.2, 0.25) is 0 Å². The zero-order valence-corrected chi connectivity index (χ0v) is 19.1. The predicted octanol–water partition coefficient (Wildman–Crippen LogP) is 2.50. The first kappa shape index (κ1) is 40.1.